The van der Waals surface area contributed by atoms with E-state index in [1.54, 1.807) is 0 Å². The quantitative estimate of drug-likeness (QED) is 0.609. The number of likely N-dealkylation sites (tertiary alicyclic amines) is 1. The van der Waals surface area contributed by atoms with E-state index >= 15 is 0 Å². The molecule has 3 aliphatic rings. The van der Waals surface area contributed by atoms with Gasteiger partial charge in [0, 0.05) is 5.41 Å². The third kappa shape index (κ3) is 1.56. The van der Waals surface area contributed by atoms with Gasteiger partial charge in [-0.05, 0) is 25.7 Å². The van der Waals surface area contributed by atoms with Gasteiger partial charge in [-0.15, -0.1) is 6.58 Å². The van der Waals surface area contributed by atoms with Crippen LogP contribution in [0.1, 0.15) is 19.8 Å². The zero-order chi connectivity index (χ0) is 13.8. The Kier molecular flexibility index (Phi) is 2.68. The van der Waals surface area contributed by atoms with E-state index in [9.17, 15) is 9.59 Å². The van der Waals surface area contributed by atoms with Crippen molar-refractivity contribution in [1.29, 1.82) is 0 Å². The molecule has 1 N–H and O–H groups in total. The van der Waals surface area contributed by atoms with Crippen LogP contribution in [0.25, 0.3) is 0 Å². The molecular formula is C15H19NO3. The molecule has 19 heavy (non-hydrogen) atoms. The van der Waals surface area contributed by atoms with E-state index in [-0.39, 0.29) is 48.1 Å². The van der Waals surface area contributed by atoms with Gasteiger partial charge in [-0.3, -0.25) is 14.5 Å². The summed E-state index contributed by atoms with van der Waals surface area (Å²) in [6.07, 6.45) is 5.88. The van der Waals surface area contributed by atoms with E-state index < -0.39 is 0 Å². The Morgan fingerprint density at radius 2 is 2.26 bits per heavy atom. The molecule has 1 aliphatic heterocycles. The van der Waals surface area contributed by atoms with Crippen molar-refractivity contribution in [3.63, 3.8) is 0 Å². The monoisotopic (exact) mass is 261 g/mol. The smallest absolute Gasteiger partial charge is 0.234 e. The van der Waals surface area contributed by atoms with Crippen LogP contribution in [0, 0.1) is 23.2 Å². The van der Waals surface area contributed by atoms with E-state index in [4.69, 9.17) is 5.11 Å². The lowest BCUT2D eigenvalue weighted by molar-refractivity contribution is -0.141. The first kappa shape index (κ1) is 12.6. The second kappa shape index (κ2) is 4.04. The first-order valence-electron chi connectivity index (χ1n) is 6.80. The van der Waals surface area contributed by atoms with E-state index in [1.165, 1.54) is 4.90 Å². The zero-order valence-electron chi connectivity index (χ0n) is 11.1. The summed E-state index contributed by atoms with van der Waals surface area (Å²) in [5.41, 5.74) is 0.838. The molecule has 0 spiro atoms. The van der Waals surface area contributed by atoms with Crippen LogP contribution in [0.3, 0.4) is 0 Å². The molecule has 0 aromatic rings. The summed E-state index contributed by atoms with van der Waals surface area (Å²) in [7, 11) is 0. The Balaban J connectivity index is 1.96. The van der Waals surface area contributed by atoms with E-state index in [2.05, 4.69) is 18.7 Å². The van der Waals surface area contributed by atoms with Crippen molar-refractivity contribution < 1.29 is 14.7 Å². The number of carbonyl (C=O) groups is 2. The number of carbonyl (C=O) groups excluding carboxylic acids is 2. The first-order chi connectivity index (χ1) is 9.00. The van der Waals surface area contributed by atoms with Gasteiger partial charge in [-0.2, -0.15) is 0 Å². The van der Waals surface area contributed by atoms with Crippen LogP contribution in [0.5, 0.6) is 0 Å². The van der Waals surface area contributed by atoms with Crippen molar-refractivity contribution in [2.24, 2.45) is 23.2 Å². The molecule has 2 aliphatic carbocycles. The normalized spacial score (nSPS) is 39.3. The molecule has 1 saturated heterocycles. The Morgan fingerprint density at radius 3 is 2.89 bits per heavy atom. The number of allylic oxidation sites excluding steroid dienone is 3. The molecule has 4 unspecified atom stereocenters. The van der Waals surface area contributed by atoms with Crippen molar-refractivity contribution in [2.75, 3.05) is 13.2 Å². The fourth-order valence-electron chi connectivity index (χ4n) is 4.28. The molecule has 102 valence electrons. The maximum atomic E-state index is 12.5. The van der Waals surface area contributed by atoms with Crippen LogP contribution in [0.15, 0.2) is 24.3 Å². The molecule has 2 bridgehead atoms. The summed E-state index contributed by atoms with van der Waals surface area (Å²) >= 11 is 0. The molecule has 2 amide bonds. The fourth-order valence-corrected chi connectivity index (χ4v) is 4.28. The SMILES string of the molecule is C=C(C)CC12C=CC(C1)C1C(=O)N(CCO)C(=O)C12. The number of β-amino-alcohol motifs (C(OH)–C–C–N with tert-alkyl or cyclic N) is 1. The van der Waals surface area contributed by atoms with Crippen LogP contribution < -0.4 is 0 Å². The number of imide groups is 1. The molecule has 4 heteroatoms. The van der Waals surface area contributed by atoms with Gasteiger partial charge in [0.05, 0.1) is 25.0 Å². The van der Waals surface area contributed by atoms with Gasteiger partial charge >= 0.3 is 0 Å². The maximum Gasteiger partial charge on any atom is 0.234 e. The number of aliphatic hydroxyl groups is 1. The Hall–Kier alpha value is -1.42. The number of hydrogen-bond donors (Lipinski definition) is 1. The van der Waals surface area contributed by atoms with E-state index in [0.29, 0.717) is 0 Å². The molecule has 0 aromatic carbocycles. The highest BCUT2D eigenvalue weighted by atomic mass is 16.3. The third-order valence-electron chi connectivity index (χ3n) is 4.77. The molecule has 1 heterocycles. The molecule has 1 saturated carbocycles. The number of rotatable bonds is 4. The highest BCUT2D eigenvalue weighted by Crippen LogP contribution is 2.62. The molecule has 2 fully saturated rings. The van der Waals surface area contributed by atoms with Crippen LogP contribution in [0.4, 0.5) is 0 Å². The number of hydrogen-bond acceptors (Lipinski definition) is 3. The topological polar surface area (TPSA) is 57.6 Å². The second-order valence-electron chi connectivity index (χ2n) is 6.15. The van der Waals surface area contributed by atoms with Crippen molar-refractivity contribution in [1.82, 2.24) is 4.90 Å². The van der Waals surface area contributed by atoms with Crippen LogP contribution >= 0.6 is 0 Å². The number of amides is 2. The third-order valence-corrected chi connectivity index (χ3v) is 4.77. The fraction of sp³-hybridized carbons (Fsp3) is 0.600. The van der Waals surface area contributed by atoms with Crippen molar-refractivity contribution in [3.05, 3.63) is 24.3 Å². The van der Waals surface area contributed by atoms with Gasteiger partial charge in [0.25, 0.3) is 0 Å². The average Bonchev–Trinajstić information content (AvgIpc) is 2.94. The number of aliphatic hydroxyl groups excluding tert-OH is 1. The van der Waals surface area contributed by atoms with E-state index in [1.807, 2.05) is 6.92 Å². The zero-order valence-corrected chi connectivity index (χ0v) is 11.1. The number of nitrogens with zero attached hydrogens (tertiary/aromatic N) is 1. The van der Waals surface area contributed by atoms with E-state index in [0.717, 1.165) is 18.4 Å². The summed E-state index contributed by atoms with van der Waals surface area (Å²) in [6, 6.07) is 0. The lowest BCUT2D eigenvalue weighted by atomic mass is 9.71. The van der Waals surface area contributed by atoms with Crippen LogP contribution in [-0.4, -0.2) is 35.0 Å². The summed E-state index contributed by atoms with van der Waals surface area (Å²) in [4.78, 5) is 26.1. The Bertz CT molecular complexity index is 496. The molecular weight excluding hydrogens is 242 g/mol. The van der Waals surface area contributed by atoms with Crippen LogP contribution in [0.2, 0.25) is 0 Å². The van der Waals surface area contributed by atoms with Gasteiger partial charge in [-0.25, -0.2) is 0 Å². The summed E-state index contributed by atoms with van der Waals surface area (Å²) in [6.45, 7) is 5.89. The summed E-state index contributed by atoms with van der Waals surface area (Å²) in [5, 5.41) is 9.01. The van der Waals surface area contributed by atoms with Gasteiger partial charge in [0.1, 0.15) is 0 Å². The lowest BCUT2D eigenvalue weighted by Gasteiger charge is -2.30. The number of fused-ring (bicyclic) bond motifs is 5. The minimum absolute atomic E-state index is 0.0954. The second-order valence-corrected chi connectivity index (χ2v) is 6.15. The molecule has 4 nitrogen and oxygen atoms in total. The molecule has 3 rings (SSSR count). The summed E-state index contributed by atoms with van der Waals surface area (Å²) < 4.78 is 0. The van der Waals surface area contributed by atoms with Gasteiger partial charge in [0.15, 0.2) is 0 Å². The first-order valence-corrected chi connectivity index (χ1v) is 6.80. The molecule has 0 radical (unpaired) electrons. The predicted molar refractivity (Wildman–Crippen MR) is 69.9 cm³/mol. The Labute approximate surface area is 112 Å². The lowest BCUT2D eigenvalue weighted by Crippen LogP contribution is -2.37. The summed E-state index contributed by atoms with van der Waals surface area (Å²) in [5.74, 6) is -0.453. The van der Waals surface area contributed by atoms with Gasteiger partial charge in [-0.1, -0.05) is 17.7 Å². The molecule has 4 atom stereocenters. The highest BCUT2D eigenvalue weighted by Gasteiger charge is 2.65. The standard InChI is InChI=1S/C15H19NO3/c1-9(2)7-15-4-3-10(8-15)11-12(15)14(19)16(5-6-17)13(11)18/h3-4,10-12,17H,1,5-8H2,2H3. The molecule has 0 aromatic heterocycles. The predicted octanol–water partition coefficient (Wildman–Crippen LogP) is 1.12. The van der Waals surface area contributed by atoms with Crippen molar-refractivity contribution >= 4 is 11.8 Å². The van der Waals surface area contributed by atoms with Crippen molar-refractivity contribution in [2.45, 2.75) is 19.8 Å². The average molecular weight is 261 g/mol. The Morgan fingerprint density at radius 1 is 1.53 bits per heavy atom. The maximum absolute atomic E-state index is 12.5. The van der Waals surface area contributed by atoms with Gasteiger partial charge < -0.3 is 5.11 Å². The highest BCUT2D eigenvalue weighted by molar-refractivity contribution is 6.06. The van der Waals surface area contributed by atoms with Crippen LogP contribution in [-0.2, 0) is 9.59 Å². The largest absolute Gasteiger partial charge is 0.395 e. The minimum Gasteiger partial charge on any atom is -0.395 e. The van der Waals surface area contributed by atoms with Crippen molar-refractivity contribution in [3.8, 4) is 0 Å². The minimum atomic E-state index is -0.238. The van der Waals surface area contributed by atoms with Gasteiger partial charge in [0.2, 0.25) is 11.8 Å².